The topological polar surface area (TPSA) is 49.5 Å². The van der Waals surface area contributed by atoms with Gasteiger partial charge in [-0.2, -0.15) is 0 Å². The summed E-state index contributed by atoms with van der Waals surface area (Å²) < 4.78 is 0. The number of aliphatic hydroxyl groups is 1. The van der Waals surface area contributed by atoms with Crippen LogP contribution in [0.1, 0.15) is 26.2 Å². The molecule has 1 fully saturated rings. The van der Waals surface area contributed by atoms with Gasteiger partial charge in [0.1, 0.15) is 0 Å². The lowest BCUT2D eigenvalue weighted by atomic mass is 9.94. The zero-order chi connectivity index (χ0) is 10.8. The number of likely N-dealkylation sites (tertiary alicyclic amines) is 1. The lowest BCUT2D eigenvalue weighted by molar-refractivity contribution is 0.164. The third kappa shape index (κ3) is 6.29. The first-order valence-corrected chi connectivity index (χ1v) is 5.74. The molecular formula is C10H22N2OS. The molecule has 0 radical (unpaired) electrons. The summed E-state index contributed by atoms with van der Waals surface area (Å²) in [7, 11) is 0. The van der Waals surface area contributed by atoms with Crippen molar-refractivity contribution in [1.29, 1.82) is 0 Å². The second-order valence-corrected chi connectivity index (χ2v) is 3.80. The van der Waals surface area contributed by atoms with Gasteiger partial charge in [0, 0.05) is 6.61 Å². The standard InChI is InChI=1S/C9H19NO.CH3NS/c1-2-10-6-3-9(4-7-10)5-8-11;2-1-3/h9,11H,2-8H2,1H3;1H,(H2,2,3). The van der Waals surface area contributed by atoms with Gasteiger partial charge in [0.25, 0.3) is 0 Å². The molecule has 4 heteroatoms. The third-order valence-corrected chi connectivity index (χ3v) is 2.69. The maximum Gasteiger partial charge on any atom is 0.0588 e. The SMILES string of the molecule is CCN1CCC(CCO)CC1.NC=S. The lowest BCUT2D eigenvalue weighted by Gasteiger charge is -2.30. The van der Waals surface area contributed by atoms with E-state index in [1.807, 2.05) is 0 Å². The van der Waals surface area contributed by atoms with E-state index in [-0.39, 0.29) is 0 Å². The molecule has 1 heterocycles. The van der Waals surface area contributed by atoms with Gasteiger partial charge in [0.05, 0.1) is 5.49 Å². The molecule has 0 spiro atoms. The molecule has 0 atom stereocenters. The Labute approximate surface area is 92.3 Å². The second-order valence-electron chi connectivity index (χ2n) is 3.53. The molecule has 0 aliphatic carbocycles. The molecule has 0 bridgehead atoms. The molecule has 1 saturated heterocycles. The van der Waals surface area contributed by atoms with E-state index in [0.717, 1.165) is 17.8 Å². The van der Waals surface area contributed by atoms with Gasteiger partial charge in [-0.3, -0.25) is 0 Å². The van der Waals surface area contributed by atoms with Gasteiger partial charge in [-0.25, -0.2) is 0 Å². The minimum Gasteiger partial charge on any atom is -0.396 e. The number of aliphatic hydroxyl groups excluding tert-OH is 1. The molecule has 84 valence electrons. The maximum atomic E-state index is 8.73. The Bertz CT molecular complexity index is 136. The van der Waals surface area contributed by atoms with E-state index in [2.05, 4.69) is 29.8 Å². The smallest absolute Gasteiger partial charge is 0.0588 e. The van der Waals surface area contributed by atoms with E-state index in [0.29, 0.717) is 6.61 Å². The van der Waals surface area contributed by atoms with Gasteiger partial charge < -0.3 is 15.7 Å². The van der Waals surface area contributed by atoms with Crippen LogP contribution in [0.2, 0.25) is 0 Å². The predicted molar refractivity (Wildman–Crippen MR) is 64.4 cm³/mol. The molecular weight excluding hydrogens is 196 g/mol. The van der Waals surface area contributed by atoms with Gasteiger partial charge in [-0.15, -0.1) is 0 Å². The van der Waals surface area contributed by atoms with Crippen LogP contribution >= 0.6 is 12.2 Å². The van der Waals surface area contributed by atoms with Crippen molar-refractivity contribution < 1.29 is 5.11 Å². The Morgan fingerprint density at radius 3 is 2.36 bits per heavy atom. The zero-order valence-electron chi connectivity index (χ0n) is 8.98. The van der Waals surface area contributed by atoms with Crippen molar-refractivity contribution in [3.63, 3.8) is 0 Å². The summed E-state index contributed by atoms with van der Waals surface area (Å²) in [6.07, 6.45) is 3.58. The lowest BCUT2D eigenvalue weighted by Crippen LogP contribution is -2.33. The summed E-state index contributed by atoms with van der Waals surface area (Å²) >= 11 is 4.05. The summed E-state index contributed by atoms with van der Waals surface area (Å²) in [4.78, 5) is 2.48. The number of hydrogen-bond acceptors (Lipinski definition) is 3. The molecule has 0 aromatic carbocycles. The quantitative estimate of drug-likeness (QED) is 0.694. The first kappa shape index (κ1) is 13.8. The fourth-order valence-corrected chi connectivity index (χ4v) is 1.77. The number of thiocarbonyl (C=S) groups is 1. The Morgan fingerprint density at radius 1 is 1.50 bits per heavy atom. The van der Waals surface area contributed by atoms with Gasteiger partial charge >= 0.3 is 0 Å². The summed E-state index contributed by atoms with van der Waals surface area (Å²) in [5, 5.41) is 8.73. The highest BCUT2D eigenvalue weighted by atomic mass is 32.1. The zero-order valence-corrected chi connectivity index (χ0v) is 9.80. The van der Waals surface area contributed by atoms with Gasteiger partial charge in [-0.1, -0.05) is 19.1 Å². The molecule has 0 aromatic rings. The van der Waals surface area contributed by atoms with Crippen LogP contribution < -0.4 is 5.73 Å². The van der Waals surface area contributed by atoms with Crippen molar-refractivity contribution in [3.05, 3.63) is 0 Å². The van der Waals surface area contributed by atoms with E-state index in [9.17, 15) is 0 Å². The molecule has 1 rings (SSSR count). The molecule has 3 nitrogen and oxygen atoms in total. The summed E-state index contributed by atoms with van der Waals surface area (Å²) in [6.45, 7) is 6.25. The average Bonchev–Trinajstić information content (AvgIpc) is 2.21. The summed E-state index contributed by atoms with van der Waals surface area (Å²) in [6, 6.07) is 0. The first-order chi connectivity index (χ1) is 6.78. The average molecular weight is 218 g/mol. The molecule has 0 aromatic heterocycles. The minimum atomic E-state index is 0.372. The van der Waals surface area contributed by atoms with E-state index < -0.39 is 0 Å². The van der Waals surface area contributed by atoms with Crippen LogP contribution in [-0.2, 0) is 0 Å². The fourth-order valence-electron chi connectivity index (χ4n) is 1.77. The molecule has 0 unspecified atom stereocenters. The Balaban J connectivity index is 0.000000500. The van der Waals surface area contributed by atoms with Crippen molar-refractivity contribution in [2.75, 3.05) is 26.2 Å². The van der Waals surface area contributed by atoms with Crippen molar-refractivity contribution in [2.45, 2.75) is 26.2 Å². The van der Waals surface area contributed by atoms with Gasteiger partial charge in [0.15, 0.2) is 0 Å². The number of hydrogen-bond donors (Lipinski definition) is 2. The summed E-state index contributed by atoms with van der Waals surface area (Å²) in [5.74, 6) is 0.794. The van der Waals surface area contributed by atoms with Crippen LogP contribution in [0.5, 0.6) is 0 Å². The monoisotopic (exact) mass is 218 g/mol. The number of nitrogens with two attached hydrogens (primary N) is 1. The third-order valence-electron chi connectivity index (χ3n) is 2.69. The van der Waals surface area contributed by atoms with Crippen LogP contribution in [0, 0.1) is 5.92 Å². The van der Waals surface area contributed by atoms with E-state index >= 15 is 0 Å². The normalized spacial score (nSPS) is 18.4. The summed E-state index contributed by atoms with van der Waals surface area (Å²) in [5.41, 5.74) is 5.62. The number of piperidine rings is 1. The molecule has 14 heavy (non-hydrogen) atoms. The van der Waals surface area contributed by atoms with Gasteiger partial charge in [0.2, 0.25) is 0 Å². The Morgan fingerprint density at radius 2 is 2.00 bits per heavy atom. The van der Waals surface area contributed by atoms with Crippen molar-refractivity contribution in [2.24, 2.45) is 11.7 Å². The van der Waals surface area contributed by atoms with E-state index in [4.69, 9.17) is 5.11 Å². The fraction of sp³-hybridized carbons (Fsp3) is 0.900. The van der Waals surface area contributed by atoms with Crippen LogP contribution in [0.15, 0.2) is 0 Å². The molecule has 3 N–H and O–H groups in total. The molecule has 1 aliphatic rings. The van der Waals surface area contributed by atoms with Crippen molar-refractivity contribution >= 4 is 17.7 Å². The van der Waals surface area contributed by atoms with E-state index in [1.165, 1.54) is 32.5 Å². The largest absolute Gasteiger partial charge is 0.396 e. The van der Waals surface area contributed by atoms with Crippen molar-refractivity contribution in [3.8, 4) is 0 Å². The van der Waals surface area contributed by atoms with Crippen LogP contribution in [0.4, 0.5) is 0 Å². The number of rotatable bonds is 3. The Hall–Kier alpha value is -0.190. The van der Waals surface area contributed by atoms with Crippen molar-refractivity contribution in [1.82, 2.24) is 4.90 Å². The predicted octanol–water partition coefficient (Wildman–Crippen LogP) is 1.00. The van der Waals surface area contributed by atoms with Crippen LogP contribution in [0.25, 0.3) is 0 Å². The van der Waals surface area contributed by atoms with Crippen LogP contribution in [-0.4, -0.2) is 41.7 Å². The van der Waals surface area contributed by atoms with Gasteiger partial charge in [-0.05, 0) is 44.8 Å². The molecule has 1 aliphatic heterocycles. The van der Waals surface area contributed by atoms with Crippen LogP contribution in [0.3, 0.4) is 0 Å². The van der Waals surface area contributed by atoms with E-state index in [1.54, 1.807) is 0 Å². The molecule has 0 saturated carbocycles. The maximum absolute atomic E-state index is 8.73. The Kier molecular flexibility index (Phi) is 9.24. The highest BCUT2D eigenvalue weighted by Gasteiger charge is 2.16. The first-order valence-electron chi connectivity index (χ1n) is 5.27. The second kappa shape index (κ2) is 9.37. The number of nitrogens with zero attached hydrogens (tertiary/aromatic N) is 1. The highest BCUT2D eigenvalue weighted by molar-refractivity contribution is 7.78. The minimum absolute atomic E-state index is 0.372. The molecule has 0 amide bonds. The highest BCUT2D eigenvalue weighted by Crippen LogP contribution is 2.19.